The van der Waals surface area contributed by atoms with Crippen molar-refractivity contribution in [2.45, 2.75) is 99.4 Å². The first-order valence-corrected chi connectivity index (χ1v) is 31.2. The zero-order chi connectivity index (χ0) is 59.7. The topological polar surface area (TPSA) is 570 Å². The highest BCUT2D eigenvalue weighted by atomic mass is 31.2. The smallest absolute Gasteiger partial charge is 0.390 e. The third-order valence-corrected chi connectivity index (χ3v) is 17.5. The van der Waals surface area contributed by atoms with Crippen LogP contribution in [-0.2, 0) is 68.9 Å². The second-order valence-corrected chi connectivity index (χ2v) is 24.8. The molecule has 0 bridgehead atoms. The molecule has 41 nitrogen and oxygen atoms in total. The van der Waals surface area contributed by atoms with E-state index in [1.54, 1.807) is 0 Å². The normalized spacial score (nSPS) is 28.7. The summed E-state index contributed by atoms with van der Waals surface area (Å²) in [5.74, 6) is 0.163. The van der Waals surface area contributed by atoms with Gasteiger partial charge in [0, 0.05) is 25.7 Å². The predicted molar refractivity (Wildman–Crippen MR) is 279 cm³/mol. The van der Waals surface area contributed by atoms with Crippen molar-refractivity contribution in [3.63, 3.8) is 0 Å². The Kier molecular flexibility index (Phi) is 16.0. The lowest BCUT2D eigenvalue weighted by Gasteiger charge is -2.25. The monoisotopic (exact) mass is 1270 g/mol. The lowest BCUT2D eigenvalue weighted by Crippen LogP contribution is -2.31. The van der Waals surface area contributed by atoms with E-state index >= 15 is 0 Å². The van der Waals surface area contributed by atoms with Gasteiger partial charge in [-0.05, 0) is 0 Å². The van der Waals surface area contributed by atoms with Crippen molar-refractivity contribution in [1.82, 2.24) is 78.1 Å². The van der Waals surface area contributed by atoms with Crippen molar-refractivity contribution >= 4 is 99.2 Å². The number of fused-ring (bicyclic) bond motifs is 4. The van der Waals surface area contributed by atoms with E-state index < -0.39 is 131 Å². The van der Waals surface area contributed by atoms with Crippen LogP contribution in [0.15, 0.2) is 50.6 Å². The Balaban J connectivity index is 0.744. The predicted octanol–water partition coefficient (Wildman–Crippen LogP) is -0.198. The molecule has 45 heteroatoms. The molecule has 4 aliphatic rings. The Morgan fingerprint density at radius 3 is 0.988 bits per heavy atom. The highest BCUT2D eigenvalue weighted by Gasteiger charge is 2.49. The van der Waals surface area contributed by atoms with Crippen LogP contribution in [0.25, 0.3) is 44.7 Å². The summed E-state index contributed by atoms with van der Waals surface area (Å²) in [5.41, 5.74) is 25.6. The molecule has 0 amide bonds. The summed E-state index contributed by atoms with van der Waals surface area (Å²) in [7, 11) is -20.9. The van der Waals surface area contributed by atoms with Crippen LogP contribution in [0.3, 0.4) is 0 Å². The zero-order valence-corrected chi connectivity index (χ0v) is 46.8. The molecule has 12 rings (SSSR count). The Morgan fingerprint density at radius 1 is 0.412 bits per heavy atom. The number of anilines is 4. The number of nitrogen functional groups attached to an aromatic ring is 4. The summed E-state index contributed by atoms with van der Waals surface area (Å²) >= 11 is 0. The first-order valence-electron chi connectivity index (χ1n) is 25.1. The zero-order valence-electron chi connectivity index (χ0n) is 43.3. The molecule has 8 aromatic rings. The number of nitrogens with zero attached hydrogens (tertiary/aromatic N) is 16. The number of aliphatic hydroxyl groups excluding tert-OH is 1. The molecule has 14 N–H and O–H groups in total. The first-order chi connectivity index (χ1) is 40.4. The second-order valence-electron chi connectivity index (χ2n) is 19.4. The average molecular weight is 1270 g/mol. The molecule has 4 saturated heterocycles. The van der Waals surface area contributed by atoms with Crippen LogP contribution in [0.1, 0.15) is 50.6 Å². The van der Waals surface area contributed by atoms with E-state index in [2.05, 4.69) is 64.3 Å². The highest BCUT2D eigenvalue weighted by molar-refractivity contribution is 7.48. The molecule has 4 aliphatic heterocycles. The fraction of sp³-hybridized carbons (Fsp3) is 0.500. The fourth-order valence-corrected chi connectivity index (χ4v) is 13.3. The van der Waals surface area contributed by atoms with E-state index in [0.717, 1.165) is 12.7 Å². The van der Waals surface area contributed by atoms with Crippen LogP contribution in [0.4, 0.5) is 23.3 Å². The molecular weight excluding hydrogens is 1220 g/mol. The molecule has 85 heavy (non-hydrogen) atoms. The molecule has 0 radical (unpaired) electrons. The average Bonchev–Trinajstić information content (AvgIpc) is 2.47. The Bertz CT molecular complexity index is 3990. The van der Waals surface area contributed by atoms with Crippen LogP contribution in [0, 0.1) is 0 Å². The SMILES string of the molecule is Nc1ncnc2c1ncn2[C@H]1C[C@H](OP(=O)(O)OC[C@H]2O[C@@H](n3cnc4c(N)ncnc43)C[C@@H]2OP(=O)(O)OC[C@H]2O[C@@H](n3cnc4c(N)ncnc43)C[C@@H]2OP(=O)(O)OC[C@H]2O[C@@H](n3cnc4c(N)ncnc43)C[C@@H]2O)[C@@H](COP(=O)(O)O)O1. The molecule has 456 valence electrons. The van der Waals surface area contributed by atoms with E-state index in [1.807, 2.05) is 0 Å². The number of imidazole rings is 4. The van der Waals surface area contributed by atoms with Crippen molar-refractivity contribution in [3.8, 4) is 0 Å². The van der Waals surface area contributed by atoms with Gasteiger partial charge in [0.05, 0.1) is 57.8 Å². The summed E-state index contributed by atoms with van der Waals surface area (Å²) in [6.45, 7) is -3.30. The maximum Gasteiger partial charge on any atom is 0.472 e. The summed E-state index contributed by atoms with van der Waals surface area (Å²) in [6.07, 6.45) is -6.35. The van der Waals surface area contributed by atoms with Gasteiger partial charge in [-0.2, -0.15) is 0 Å². The molecule has 15 atom stereocenters. The quantitative estimate of drug-likeness (QED) is 0.0393. The van der Waals surface area contributed by atoms with Crippen molar-refractivity contribution in [1.29, 1.82) is 0 Å². The lowest BCUT2D eigenvalue weighted by molar-refractivity contribution is -0.0619. The fourth-order valence-electron chi connectivity index (χ4n) is 10.0. The van der Waals surface area contributed by atoms with Gasteiger partial charge in [-0.15, -0.1) is 0 Å². The number of phosphoric ester groups is 4. The van der Waals surface area contributed by atoms with E-state index in [4.69, 9.17) is 69.0 Å². The number of aliphatic hydroxyl groups is 1. The minimum atomic E-state index is -5.35. The summed E-state index contributed by atoms with van der Waals surface area (Å²) < 4.78 is 121. The van der Waals surface area contributed by atoms with Gasteiger partial charge in [-0.25, -0.2) is 78.1 Å². The number of hydrogen-bond donors (Lipinski definition) is 10. The minimum Gasteiger partial charge on any atom is -0.390 e. The van der Waals surface area contributed by atoms with Crippen molar-refractivity contribution in [3.05, 3.63) is 50.6 Å². The van der Waals surface area contributed by atoms with Gasteiger partial charge in [0.15, 0.2) is 45.9 Å². The maximum absolute atomic E-state index is 14.1. The molecule has 8 aromatic heterocycles. The molecular formula is C40H50N20O21P4. The molecule has 0 aliphatic carbocycles. The number of hydrogen-bond acceptors (Lipinski definition) is 32. The third kappa shape index (κ3) is 12.5. The molecule has 0 saturated carbocycles. The van der Waals surface area contributed by atoms with Crippen LogP contribution in [0.5, 0.6) is 0 Å². The number of ether oxygens (including phenoxy) is 4. The minimum absolute atomic E-state index is 0.00169. The third-order valence-electron chi connectivity index (χ3n) is 14.0. The van der Waals surface area contributed by atoms with E-state index in [-0.39, 0.29) is 88.0 Å². The van der Waals surface area contributed by atoms with Gasteiger partial charge < -0.3 is 71.5 Å². The van der Waals surface area contributed by atoms with Crippen LogP contribution in [0.2, 0.25) is 0 Å². The van der Waals surface area contributed by atoms with Crippen LogP contribution < -0.4 is 22.9 Å². The Hall–Kier alpha value is -6.36. The van der Waals surface area contributed by atoms with Crippen molar-refractivity contribution < 1.29 is 98.4 Å². The number of aromatic nitrogens is 16. The number of phosphoric acid groups is 4. The van der Waals surface area contributed by atoms with Crippen LogP contribution >= 0.6 is 31.3 Å². The van der Waals surface area contributed by atoms with Gasteiger partial charge in [0.2, 0.25) is 0 Å². The molecule has 3 unspecified atom stereocenters. The lowest BCUT2D eigenvalue weighted by atomic mass is 10.2. The first kappa shape index (κ1) is 59.0. The molecule has 0 spiro atoms. The van der Waals surface area contributed by atoms with Crippen molar-refractivity contribution in [2.75, 3.05) is 49.4 Å². The number of nitrogens with two attached hydrogens (primary N) is 4. The van der Waals surface area contributed by atoms with Gasteiger partial charge in [-0.1, -0.05) is 0 Å². The number of rotatable bonds is 22. The summed E-state index contributed by atoms with van der Waals surface area (Å²) in [4.78, 5) is 102. The van der Waals surface area contributed by atoms with Crippen LogP contribution in [-0.4, -0.2) is 183 Å². The highest BCUT2D eigenvalue weighted by Crippen LogP contribution is 2.54. The summed E-state index contributed by atoms with van der Waals surface area (Å²) in [6, 6.07) is 0. The Labute approximate surface area is 473 Å². The standard InChI is InChI=1S/C40H50N20O21P4/c41-33-29-37(49-9-45-33)57(13-53-29)25-1-17(61)21(75-25)5-72-83(65,66)80-19-3-27(59-15-55-31-35(43)47-11-51-39(31)59)77-23(19)7-74-85(69,70)81-20-4-28(60-16-56-32-36(44)48-12-52-40(32)60)78-24(20)8-73-84(67,68)79-18-2-26(76-22(18)6-71-82(62,63)64)58-14-54-30-34(42)46-10-50-38(30)58/h9-28,61H,1-8H2,(H,65,66)(H,67,68)(H,69,70)(H2,41,45,49)(H2,42,46,50)(H2,43,47,51)(H2,44,48,52)(H2,62,63,64)/t17-,18-,19-,20-,21+,22+,23+,24+,25+,26+,27+,28+/m0/s1. The van der Waals surface area contributed by atoms with E-state index in [9.17, 15) is 47.8 Å². The van der Waals surface area contributed by atoms with Gasteiger partial charge in [0.25, 0.3) is 0 Å². The molecule has 4 fully saturated rings. The van der Waals surface area contributed by atoms with Gasteiger partial charge in [-0.3, -0.25) is 49.9 Å². The largest absolute Gasteiger partial charge is 0.472 e. The Morgan fingerprint density at radius 2 is 0.682 bits per heavy atom. The van der Waals surface area contributed by atoms with Gasteiger partial charge >= 0.3 is 31.3 Å². The van der Waals surface area contributed by atoms with E-state index in [1.165, 1.54) is 56.2 Å². The maximum atomic E-state index is 14.1. The molecule has 12 heterocycles. The van der Waals surface area contributed by atoms with E-state index in [0.29, 0.717) is 5.65 Å². The second kappa shape index (κ2) is 23.1. The van der Waals surface area contributed by atoms with Crippen molar-refractivity contribution in [2.24, 2.45) is 0 Å². The van der Waals surface area contributed by atoms with Gasteiger partial charge in [0.1, 0.15) is 115 Å². The molecule has 0 aromatic carbocycles. The summed E-state index contributed by atoms with van der Waals surface area (Å²) in [5, 5.41) is 10.9.